The highest BCUT2D eigenvalue weighted by Crippen LogP contribution is 2.57. The van der Waals surface area contributed by atoms with Crippen molar-refractivity contribution in [1.82, 2.24) is 0 Å². The smallest absolute Gasteiger partial charge is 0.165 e. The van der Waals surface area contributed by atoms with Crippen molar-refractivity contribution in [3.05, 3.63) is 0 Å². The van der Waals surface area contributed by atoms with Gasteiger partial charge in [0, 0.05) is 11.3 Å². The first kappa shape index (κ1) is 13.2. The number of hydrogen-bond acceptors (Lipinski definition) is 5. The fraction of sp³-hybridized carbons (Fsp3) is 0.889. The first-order valence-corrected chi connectivity index (χ1v) is 9.37. The van der Waals surface area contributed by atoms with E-state index >= 15 is 0 Å². The quantitative estimate of drug-likeness (QED) is 0.686. The van der Waals surface area contributed by atoms with Crippen LogP contribution in [0.3, 0.4) is 0 Å². The molecule has 2 aliphatic heterocycles. The normalized spacial score (nSPS) is 44.2. The standard InChI is InChI=1S/C9H14BrNO2S3/c1-5(2)11-8-14-6-4-16(12,13)7(10)9(6,3)15-8/h5-7H,4H2,1-3H3/t6-,7-,9-/m1/s1. The van der Waals surface area contributed by atoms with Crippen LogP contribution in [0.5, 0.6) is 0 Å². The van der Waals surface area contributed by atoms with Gasteiger partial charge in [0.15, 0.2) is 9.84 Å². The Morgan fingerprint density at radius 3 is 2.69 bits per heavy atom. The summed E-state index contributed by atoms with van der Waals surface area (Å²) in [4.78, 5) is 4.51. The van der Waals surface area contributed by atoms with Crippen LogP contribution in [0.25, 0.3) is 0 Å². The molecule has 2 rings (SSSR count). The Kier molecular flexibility index (Phi) is 3.45. The van der Waals surface area contributed by atoms with Gasteiger partial charge in [0.25, 0.3) is 0 Å². The third-order valence-electron chi connectivity index (χ3n) is 2.70. The molecule has 16 heavy (non-hydrogen) atoms. The molecular formula is C9H14BrNO2S3. The third-order valence-corrected chi connectivity index (χ3v) is 11.1. The van der Waals surface area contributed by atoms with Crippen LogP contribution >= 0.6 is 39.5 Å². The van der Waals surface area contributed by atoms with Crippen LogP contribution in [-0.4, -0.2) is 38.7 Å². The van der Waals surface area contributed by atoms with Gasteiger partial charge < -0.3 is 0 Å². The Morgan fingerprint density at radius 2 is 2.19 bits per heavy atom. The van der Waals surface area contributed by atoms with Gasteiger partial charge in [-0.3, -0.25) is 4.99 Å². The van der Waals surface area contributed by atoms with Crippen molar-refractivity contribution in [1.29, 1.82) is 0 Å². The van der Waals surface area contributed by atoms with Crippen LogP contribution in [0.2, 0.25) is 0 Å². The van der Waals surface area contributed by atoms with Crippen molar-refractivity contribution >= 4 is 53.7 Å². The molecule has 3 atom stereocenters. The highest BCUT2D eigenvalue weighted by Gasteiger charge is 2.60. The number of fused-ring (bicyclic) bond motifs is 1. The van der Waals surface area contributed by atoms with Crippen molar-refractivity contribution in [2.75, 3.05) is 5.75 Å². The predicted molar refractivity (Wildman–Crippen MR) is 76.4 cm³/mol. The number of alkyl halides is 1. The maximum absolute atomic E-state index is 11.8. The minimum atomic E-state index is -2.97. The van der Waals surface area contributed by atoms with Crippen LogP contribution in [0.4, 0.5) is 0 Å². The summed E-state index contributed by atoms with van der Waals surface area (Å²) < 4.78 is 23.9. The summed E-state index contributed by atoms with van der Waals surface area (Å²) in [6.07, 6.45) is 0. The maximum Gasteiger partial charge on any atom is 0.165 e. The highest BCUT2D eigenvalue weighted by molar-refractivity contribution is 9.11. The molecule has 0 spiro atoms. The molecule has 0 unspecified atom stereocenters. The van der Waals surface area contributed by atoms with E-state index in [1.54, 1.807) is 23.5 Å². The monoisotopic (exact) mass is 343 g/mol. The fourth-order valence-electron chi connectivity index (χ4n) is 1.83. The lowest BCUT2D eigenvalue weighted by Crippen LogP contribution is -2.33. The number of hydrogen-bond donors (Lipinski definition) is 0. The van der Waals surface area contributed by atoms with E-state index in [4.69, 9.17) is 0 Å². The van der Waals surface area contributed by atoms with E-state index in [1.807, 2.05) is 20.8 Å². The summed E-state index contributed by atoms with van der Waals surface area (Å²) in [7, 11) is -2.97. The Morgan fingerprint density at radius 1 is 1.56 bits per heavy atom. The summed E-state index contributed by atoms with van der Waals surface area (Å²) in [6, 6.07) is 0.266. The van der Waals surface area contributed by atoms with E-state index < -0.39 is 14.0 Å². The molecule has 92 valence electrons. The summed E-state index contributed by atoms with van der Waals surface area (Å²) in [6.45, 7) is 6.09. The predicted octanol–water partition coefficient (Wildman–Crippen LogP) is 2.51. The van der Waals surface area contributed by atoms with Crippen LogP contribution in [0.1, 0.15) is 20.8 Å². The van der Waals surface area contributed by atoms with E-state index in [9.17, 15) is 8.42 Å². The van der Waals surface area contributed by atoms with Gasteiger partial charge in [-0.1, -0.05) is 39.5 Å². The second kappa shape index (κ2) is 4.17. The molecule has 3 nitrogen and oxygen atoms in total. The van der Waals surface area contributed by atoms with Crippen molar-refractivity contribution in [2.24, 2.45) is 4.99 Å². The summed E-state index contributed by atoms with van der Waals surface area (Å²) in [5.74, 6) is 0.258. The fourth-order valence-corrected chi connectivity index (χ4v) is 9.69. The minimum Gasteiger partial charge on any atom is -0.269 e. The van der Waals surface area contributed by atoms with E-state index in [0.29, 0.717) is 0 Å². The molecule has 0 radical (unpaired) electrons. The van der Waals surface area contributed by atoms with Gasteiger partial charge in [-0.25, -0.2) is 8.42 Å². The van der Waals surface area contributed by atoms with E-state index in [0.717, 1.165) is 4.38 Å². The molecule has 0 aromatic carbocycles. The average Bonchev–Trinajstić information content (AvgIpc) is 2.47. The van der Waals surface area contributed by atoms with Crippen molar-refractivity contribution in [3.8, 4) is 0 Å². The molecule has 0 aliphatic carbocycles. The first-order valence-electron chi connectivity index (χ1n) is 5.05. The number of sulfone groups is 1. The molecule has 0 amide bonds. The van der Waals surface area contributed by atoms with Gasteiger partial charge in [-0.15, -0.1) is 0 Å². The summed E-state index contributed by atoms with van der Waals surface area (Å²) in [5.41, 5.74) is 0. The third kappa shape index (κ3) is 2.08. The van der Waals surface area contributed by atoms with Crippen molar-refractivity contribution < 1.29 is 8.42 Å². The number of thioether (sulfide) groups is 2. The second-order valence-electron chi connectivity index (χ2n) is 4.53. The van der Waals surface area contributed by atoms with Crippen molar-refractivity contribution in [3.63, 3.8) is 0 Å². The van der Waals surface area contributed by atoms with E-state index in [1.165, 1.54) is 0 Å². The molecule has 2 aliphatic rings. The van der Waals surface area contributed by atoms with Crippen LogP contribution < -0.4 is 0 Å². The lowest BCUT2D eigenvalue weighted by atomic mass is 10.1. The SMILES string of the molecule is CC(C)N=C1S[C@@H]2CS(=O)(=O)[C@@H](Br)[C@]2(C)S1. The van der Waals surface area contributed by atoms with Gasteiger partial charge in [0.05, 0.1) is 10.5 Å². The van der Waals surface area contributed by atoms with Crippen LogP contribution in [-0.2, 0) is 9.84 Å². The zero-order valence-electron chi connectivity index (χ0n) is 9.31. The van der Waals surface area contributed by atoms with Gasteiger partial charge in [-0.05, 0) is 20.8 Å². The Bertz CT molecular complexity index is 434. The number of rotatable bonds is 1. The average molecular weight is 344 g/mol. The Labute approximate surface area is 113 Å². The van der Waals surface area contributed by atoms with E-state index in [2.05, 4.69) is 20.9 Å². The van der Waals surface area contributed by atoms with Crippen LogP contribution in [0, 0.1) is 0 Å². The molecule has 2 heterocycles. The highest BCUT2D eigenvalue weighted by atomic mass is 79.9. The molecule has 7 heteroatoms. The van der Waals surface area contributed by atoms with Crippen LogP contribution in [0.15, 0.2) is 4.99 Å². The molecule has 0 aromatic rings. The number of aliphatic imine (C=N–C) groups is 1. The molecule has 2 saturated heterocycles. The van der Waals surface area contributed by atoms with E-state index in [-0.39, 0.29) is 21.8 Å². The molecule has 0 aromatic heterocycles. The molecular weight excluding hydrogens is 330 g/mol. The minimum absolute atomic E-state index is 0.129. The second-order valence-corrected chi connectivity index (χ2v) is 11.1. The maximum atomic E-state index is 11.8. The molecule has 2 fully saturated rings. The molecule has 0 N–H and O–H groups in total. The van der Waals surface area contributed by atoms with Gasteiger partial charge >= 0.3 is 0 Å². The summed E-state index contributed by atoms with van der Waals surface area (Å²) >= 11 is 6.57. The Hall–Kier alpha value is 0.800. The number of nitrogens with zero attached hydrogens (tertiary/aromatic N) is 1. The summed E-state index contributed by atoms with van der Waals surface area (Å²) in [5, 5.41) is 0.129. The lowest BCUT2D eigenvalue weighted by Gasteiger charge is -2.22. The Balaban J connectivity index is 2.28. The zero-order valence-corrected chi connectivity index (χ0v) is 13.3. The zero-order chi connectivity index (χ0) is 12.1. The molecule has 0 saturated carbocycles. The van der Waals surface area contributed by atoms with Crippen molar-refractivity contribution in [2.45, 2.75) is 41.0 Å². The molecule has 0 bridgehead atoms. The largest absolute Gasteiger partial charge is 0.269 e. The first-order chi connectivity index (χ1) is 7.25. The topological polar surface area (TPSA) is 46.5 Å². The van der Waals surface area contributed by atoms with Gasteiger partial charge in [0.2, 0.25) is 0 Å². The van der Waals surface area contributed by atoms with Gasteiger partial charge in [-0.2, -0.15) is 0 Å². The lowest BCUT2D eigenvalue weighted by molar-refractivity contribution is 0.599. The number of halogens is 1. The van der Waals surface area contributed by atoms with Gasteiger partial charge in [0.1, 0.15) is 8.53 Å².